The molecule has 1 aromatic rings. The summed E-state index contributed by atoms with van der Waals surface area (Å²) in [5.74, 6) is -0.742. The molecule has 1 aromatic carbocycles. The third kappa shape index (κ3) is 4.13. The number of ether oxygens (including phenoxy) is 1. The first kappa shape index (κ1) is 11.7. The van der Waals surface area contributed by atoms with Gasteiger partial charge in [-0.3, -0.25) is 4.79 Å². The number of carbonyl (C=O) groups excluding carboxylic acids is 1. The van der Waals surface area contributed by atoms with Gasteiger partial charge in [0.25, 0.3) is 0 Å². The quantitative estimate of drug-likeness (QED) is 0.744. The number of esters is 1. The molecule has 0 aliphatic carbocycles. The Hall–Kier alpha value is -1.35. The molecule has 0 aromatic heterocycles. The smallest absolute Gasteiger partial charge is 0.309 e. The van der Waals surface area contributed by atoms with E-state index >= 15 is 0 Å². The zero-order valence-electron chi connectivity index (χ0n) is 8.17. The second-order valence-electron chi connectivity index (χ2n) is 2.89. The Morgan fingerprint density at radius 3 is 2.87 bits per heavy atom. The molecule has 0 N–H and O–H groups in total. The van der Waals surface area contributed by atoms with E-state index < -0.39 is 5.82 Å². The first-order valence-corrected chi connectivity index (χ1v) is 4.69. The molecular formula is C11H10ClFO2. The van der Waals surface area contributed by atoms with Crippen LogP contribution in [0.3, 0.4) is 0 Å². The van der Waals surface area contributed by atoms with Gasteiger partial charge in [-0.05, 0) is 23.8 Å². The maximum absolute atomic E-state index is 12.9. The molecule has 4 heteroatoms. The van der Waals surface area contributed by atoms with Crippen LogP contribution in [0.15, 0.2) is 24.3 Å². The summed E-state index contributed by atoms with van der Waals surface area (Å²) in [7, 11) is 1.31. The number of rotatable bonds is 3. The van der Waals surface area contributed by atoms with Gasteiger partial charge in [0.1, 0.15) is 5.82 Å². The Morgan fingerprint density at radius 2 is 2.27 bits per heavy atom. The molecule has 80 valence electrons. The first-order chi connectivity index (χ1) is 7.11. The minimum atomic E-state index is -0.403. The van der Waals surface area contributed by atoms with E-state index in [0.29, 0.717) is 10.6 Å². The van der Waals surface area contributed by atoms with E-state index in [1.165, 1.54) is 19.2 Å². The lowest BCUT2D eigenvalue weighted by Crippen LogP contribution is -1.96. The minimum Gasteiger partial charge on any atom is -0.469 e. The lowest BCUT2D eigenvalue weighted by molar-refractivity contribution is -0.139. The SMILES string of the molecule is COC(=O)CC=Cc1cc(F)cc(Cl)c1. The van der Waals surface area contributed by atoms with Gasteiger partial charge in [0, 0.05) is 5.02 Å². The Morgan fingerprint density at radius 1 is 1.53 bits per heavy atom. The van der Waals surface area contributed by atoms with Gasteiger partial charge < -0.3 is 4.74 Å². The van der Waals surface area contributed by atoms with E-state index in [0.717, 1.165) is 0 Å². The van der Waals surface area contributed by atoms with E-state index in [4.69, 9.17) is 11.6 Å². The molecule has 0 fully saturated rings. The molecule has 0 unspecified atom stereocenters. The van der Waals surface area contributed by atoms with Gasteiger partial charge in [0.15, 0.2) is 0 Å². The third-order valence-corrected chi connectivity index (χ3v) is 1.93. The van der Waals surface area contributed by atoms with Crippen LogP contribution in [0.1, 0.15) is 12.0 Å². The van der Waals surface area contributed by atoms with E-state index in [2.05, 4.69) is 4.74 Å². The van der Waals surface area contributed by atoms with E-state index in [-0.39, 0.29) is 12.4 Å². The highest BCUT2D eigenvalue weighted by atomic mass is 35.5. The summed E-state index contributed by atoms with van der Waals surface area (Å²) in [4.78, 5) is 10.8. The van der Waals surface area contributed by atoms with Crippen molar-refractivity contribution in [1.82, 2.24) is 0 Å². The molecule has 0 amide bonds. The predicted octanol–water partition coefficient (Wildman–Crippen LogP) is 3.06. The van der Waals surface area contributed by atoms with Crippen molar-refractivity contribution < 1.29 is 13.9 Å². The van der Waals surface area contributed by atoms with Crippen molar-refractivity contribution in [2.24, 2.45) is 0 Å². The molecule has 2 nitrogen and oxygen atoms in total. The minimum absolute atomic E-state index is 0.157. The monoisotopic (exact) mass is 228 g/mol. The Labute approximate surface area is 92.3 Å². The molecule has 0 aliphatic heterocycles. The van der Waals surface area contributed by atoms with Crippen molar-refractivity contribution in [3.63, 3.8) is 0 Å². The summed E-state index contributed by atoms with van der Waals surface area (Å²) in [5.41, 5.74) is 0.615. The van der Waals surface area contributed by atoms with Crippen molar-refractivity contribution in [3.05, 3.63) is 40.7 Å². The van der Waals surface area contributed by atoms with Gasteiger partial charge in [-0.2, -0.15) is 0 Å². The molecule has 0 heterocycles. The lowest BCUT2D eigenvalue weighted by Gasteiger charge is -1.96. The van der Waals surface area contributed by atoms with Crippen LogP contribution in [-0.2, 0) is 9.53 Å². The standard InChI is InChI=1S/C11H10ClFO2/c1-15-11(14)4-2-3-8-5-9(12)7-10(13)6-8/h2-3,5-7H,4H2,1H3. The molecule has 0 saturated heterocycles. The fraction of sp³-hybridized carbons (Fsp3) is 0.182. The van der Waals surface area contributed by atoms with Gasteiger partial charge in [0.2, 0.25) is 0 Å². The summed E-state index contributed by atoms with van der Waals surface area (Å²) in [5, 5.41) is 0.327. The number of methoxy groups -OCH3 is 1. The van der Waals surface area contributed by atoms with Crippen molar-refractivity contribution in [1.29, 1.82) is 0 Å². The topological polar surface area (TPSA) is 26.3 Å². The van der Waals surface area contributed by atoms with Crippen molar-refractivity contribution in [2.75, 3.05) is 7.11 Å². The summed E-state index contributed by atoms with van der Waals surface area (Å²) in [6.45, 7) is 0. The van der Waals surface area contributed by atoms with Crippen LogP contribution in [0.25, 0.3) is 6.08 Å². The normalized spacial score (nSPS) is 10.6. The highest BCUT2D eigenvalue weighted by Crippen LogP contribution is 2.15. The molecule has 0 radical (unpaired) electrons. The molecule has 15 heavy (non-hydrogen) atoms. The fourth-order valence-electron chi connectivity index (χ4n) is 1.05. The van der Waals surface area contributed by atoms with Crippen LogP contribution < -0.4 is 0 Å². The van der Waals surface area contributed by atoms with Crippen LogP contribution in [-0.4, -0.2) is 13.1 Å². The van der Waals surface area contributed by atoms with Gasteiger partial charge >= 0.3 is 5.97 Å². The van der Waals surface area contributed by atoms with Crippen LogP contribution in [0, 0.1) is 5.82 Å². The highest BCUT2D eigenvalue weighted by molar-refractivity contribution is 6.30. The van der Waals surface area contributed by atoms with Crippen LogP contribution >= 0.6 is 11.6 Å². The predicted molar refractivity (Wildman–Crippen MR) is 57.1 cm³/mol. The Bertz CT molecular complexity index is 368. The molecule has 0 aliphatic rings. The zero-order valence-corrected chi connectivity index (χ0v) is 8.92. The first-order valence-electron chi connectivity index (χ1n) is 4.31. The molecule has 1 rings (SSSR count). The average molecular weight is 229 g/mol. The largest absolute Gasteiger partial charge is 0.469 e. The van der Waals surface area contributed by atoms with E-state index in [1.807, 2.05) is 0 Å². The van der Waals surface area contributed by atoms with Crippen LogP contribution in [0.5, 0.6) is 0 Å². The molecule has 0 saturated carbocycles. The Kier molecular flexibility index (Phi) is 4.31. The van der Waals surface area contributed by atoms with Crippen molar-refractivity contribution in [3.8, 4) is 0 Å². The van der Waals surface area contributed by atoms with Gasteiger partial charge in [0.05, 0.1) is 13.5 Å². The second kappa shape index (κ2) is 5.51. The third-order valence-electron chi connectivity index (χ3n) is 1.71. The van der Waals surface area contributed by atoms with E-state index in [9.17, 15) is 9.18 Å². The number of hydrogen-bond acceptors (Lipinski definition) is 2. The zero-order chi connectivity index (χ0) is 11.3. The maximum atomic E-state index is 12.9. The second-order valence-corrected chi connectivity index (χ2v) is 3.32. The summed E-state index contributed by atoms with van der Waals surface area (Å²) in [6.07, 6.45) is 3.37. The van der Waals surface area contributed by atoms with Crippen molar-refractivity contribution in [2.45, 2.75) is 6.42 Å². The summed E-state index contributed by atoms with van der Waals surface area (Å²) >= 11 is 5.65. The summed E-state index contributed by atoms with van der Waals surface area (Å²) < 4.78 is 17.3. The number of halogens is 2. The van der Waals surface area contributed by atoms with Crippen LogP contribution in [0.4, 0.5) is 4.39 Å². The number of benzene rings is 1. The summed E-state index contributed by atoms with van der Waals surface area (Å²) in [6, 6.07) is 4.16. The van der Waals surface area contributed by atoms with Gasteiger partial charge in [-0.1, -0.05) is 23.8 Å². The van der Waals surface area contributed by atoms with Crippen LogP contribution in [0.2, 0.25) is 5.02 Å². The lowest BCUT2D eigenvalue weighted by atomic mass is 10.2. The number of hydrogen-bond donors (Lipinski definition) is 0. The molecular weight excluding hydrogens is 219 g/mol. The molecule has 0 spiro atoms. The fourth-order valence-corrected chi connectivity index (χ4v) is 1.28. The molecule has 0 atom stereocenters. The van der Waals surface area contributed by atoms with Crippen molar-refractivity contribution >= 4 is 23.6 Å². The maximum Gasteiger partial charge on any atom is 0.309 e. The number of carbonyl (C=O) groups is 1. The average Bonchev–Trinajstić information content (AvgIpc) is 2.16. The van der Waals surface area contributed by atoms with Gasteiger partial charge in [-0.25, -0.2) is 4.39 Å². The highest BCUT2D eigenvalue weighted by Gasteiger charge is 1.97. The van der Waals surface area contributed by atoms with Gasteiger partial charge in [-0.15, -0.1) is 0 Å². The van der Waals surface area contributed by atoms with E-state index in [1.54, 1.807) is 18.2 Å². The molecule has 0 bridgehead atoms. The Balaban J connectivity index is 2.68.